The summed E-state index contributed by atoms with van der Waals surface area (Å²) in [6.45, 7) is 4.04. The molecular formula is C16H27NO4. The lowest BCUT2D eigenvalue weighted by Gasteiger charge is -2.35. The third kappa shape index (κ3) is 4.99. The summed E-state index contributed by atoms with van der Waals surface area (Å²) in [4.78, 5) is 24.9. The molecule has 1 aliphatic carbocycles. The largest absolute Gasteiger partial charge is 0.481 e. The van der Waals surface area contributed by atoms with E-state index in [4.69, 9.17) is 9.84 Å². The van der Waals surface area contributed by atoms with Crippen LogP contribution in [0.5, 0.6) is 0 Å². The van der Waals surface area contributed by atoms with Crippen LogP contribution >= 0.6 is 0 Å². The van der Waals surface area contributed by atoms with Crippen LogP contribution in [0.4, 0.5) is 0 Å². The second kappa shape index (κ2) is 7.78. The molecule has 1 aliphatic heterocycles. The topological polar surface area (TPSA) is 66.8 Å². The van der Waals surface area contributed by atoms with Gasteiger partial charge in [-0.15, -0.1) is 0 Å². The fourth-order valence-electron chi connectivity index (χ4n) is 3.32. The molecule has 0 aromatic rings. The van der Waals surface area contributed by atoms with Gasteiger partial charge in [-0.05, 0) is 44.4 Å². The average Bonchev–Trinajstić information content (AvgIpc) is 2.48. The number of amides is 1. The lowest BCUT2D eigenvalue weighted by atomic mass is 9.82. The van der Waals surface area contributed by atoms with Crippen LogP contribution in [0.15, 0.2) is 0 Å². The van der Waals surface area contributed by atoms with Crippen LogP contribution in [0.25, 0.3) is 0 Å². The summed E-state index contributed by atoms with van der Waals surface area (Å²) in [6.07, 6.45) is 6.24. The molecule has 1 heterocycles. The van der Waals surface area contributed by atoms with Gasteiger partial charge in [0.05, 0.1) is 19.1 Å². The Morgan fingerprint density at radius 3 is 2.29 bits per heavy atom. The highest BCUT2D eigenvalue weighted by Crippen LogP contribution is 2.30. The lowest BCUT2D eigenvalue weighted by Crippen LogP contribution is -2.44. The number of carboxylic acid groups (broad SMARTS) is 1. The van der Waals surface area contributed by atoms with Crippen LogP contribution in [0.1, 0.15) is 51.9 Å². The summed E-state index contributed by atoms with van der Waals surface area (Å²) in [6, 6.07) is 0. The number of carbonyl (C=O) groups excluding carboxylic acids is 1. The number of nitrogens with zero attached hydrogens (tertiary/aromatic N) is 1. The number of carbonyl (C=O) groups is 2. The Balaban J connectivity index is 1.68. The molecule has 5 heteroatoms. The molecule has 2 aliphatic rings. The molecule has 21 heavy (non-hydrogen) atoms. The molecule has 0 spiro atoms. The molecule has 1 N–H and O–H groups in total. The summed E-state index contributed by atoms with van der Waals surface area (Å²) in [5, 5.41) is 8.59. The second-order valence-corrected chi connectivity index (χ2v) is 6.50. The van der Waals surface area contributed by atoms with Crippen molar-refractivity contribution >= 4 is 11.9 Å². The molecule has 1 saturated carbocycles. The van der Waals surface area contributed by atoms with Crippen molar-refractivity contribution in [1.29, 1.82) is 0 Å². The van der Waals surface area contributed by atoms with Crippen LogP contribution in [0.2, 0.25) is 0 Å². The minimum absolute atomic E-state index is 0.0550. The highest BCUT2D eigenvalue weighted by Gasteiger charge is 2.30. The van der Waals surface area contributed by atoms with Gasteiger partial charge in [0.25, 0.3) is 0 Å². The predicted molar refractivity (Wildman–Crippen MR) is 78.9 cm³/mol. The van der Waals surface area contributed by atoms with Crippen molar-refractivity contribution in [2.75, 3.05) is 19.7 Å². The summed E-state index contributed by atoms with van der Waals surface area (Å²) in [5.41, 5.74) is 0. The Kier molecular flexibility index (Phi) is 6.03. The highest BCUT2D eigenvalue weighted by atomic mass is 16.5. The van der Waals surface area contributed by atoms with Gasteiger partial charge >= 0.3 is 5.97 Å². The van der Waals surface area contributed by atoms with E-state index in [0.29, 0.717) is 5.91 Å². The molecule has 2 fully saturated rings. The second-order valence-electron chi connectivity index (χ2n) is 6.50. The van der Waals surface area contributed by atoms with Gasteiger partial charge in [0.1, 0.15) is 0 Å². The fourth-order valence-corrected chi connectivity index (χ4v) is 3.32. The maximum Gasteiger partial charge on any atom is 0.305 e. The van der Waals surface area contributed by atoms with Crippen LogP contribution in [0.3, 0.4) is 0 Å². The number of ether oxygens (including phenoxy) is 1. The van der Waals surface area contributed by atoms with Crippen molar-refractivity contribution in [3.63, 3.8) is 0 Å². The molecule has 0 bridgehead atoms. The smallest absolute Gasteiger partial charge is 0.305 e. The molecule has 5 nitrogen and oxygen atoms in total. The van der Waals surface area contributed by atoms with Gasteiger partial charge in [0.15, 0.2) is 0 Å². The van der Waals surface area contributed by atoms with Gasteiger partial charge in [-0.2, -0.15) is 0 Å². The predicted octanol–water partition coefficient (Wildman–Crippen LogP) is 2.29. The Morgan fingerprint density at radius 1 is 1.10 bits per heavy atom. The monoisotopic (exact) mass is 297 g/mol. The minimum Gasteiger partial charge on any atom is -0.481 e. The number of hydrogen-bond donors (Lipinski definition) is 1. The van der Waals surface area contributed by atoms with Gasteiger partial charge in [-0.25, -0.2) is 0 Å². The van der Waals surface area contributed by atoms with Crippen molar-refractivity contribution in [3.05, 3.63) is 0 Å². The Hall–Kier alpha value is -1.10. The summed E-state index contributed by atoms with van der Waals surface area (Å²) < 4.78 is 5.56. The lowest BCUT2D eigenvalue weighted by molar-refractivity contribution is -0.140. The summed E-state index contributed by atoms with van der Waals surface area (Å²) >= 11 is 0. The first-order valence-electron chi connectivity index (χ1n) is 8.18. The molecular weight excluding hydrogens is 270 g/mol. The van der Waals surface area contributed by atoms with E-state index >= 15 is 0 Å². The van der Waals surface area contributed by atoms with E-state index in [-0.39, 0.29) is 25.0 Å². The van der Waals surface area contributed by atoms with Gasteiger partial charge in [-0.3, -0.25) is 9.59 Å². The van der Waals surface area contributed by atoms with Crippen molar-refractivity contribution in [2.24, 2.45) is 11.8 Å². The number of rotatable bonds is 5. The Labute approximate surface area is 126 Å². The van der Waals surface area contributed by atoms with E-state index in [0.717, 1.165) is 44.7 Å². The molecule has 0 atom stereocenters. The van der Waals surface area contributed by atoms with Crippen molar-refractivity contribution in [2.45, 2.75) is 58.0 Å². The highest BCUT2D eigenvalue weighted by molar-refractivity contribution is 5.79. The molecule has 0 radical (unpaired) electrons. The number of piperidine rings is 1. The minimum atomic E-state index is -0.825. The molecule has 120 valence electrons. The van der Waals surface area contributed by atoms with Gasteiger partial charge < -0.3 is 14.7 Å². The molecule has 0 unspecified atom stereocenters. The van der Waals surface area contributed by atoms with Gasteiger partial charge in [-0.1, -0.05) is 6.92 Å². The maximum atomic E-state index is 12.5. The third-order valence-electron chi connectivity index (χ3n) is 4.79. The number of likely N-dealkylation sites (tertiary alicyclic amines) is 1. The van der Waals surface area contributed by atoms with Crippen molar-refractivity contribution in [1.82, 2.24) is 4.90 Å². The van der Waals surface area contributed by atoms with Crippen LogP contribution in [-0.2, 0) is 14.3 Å². The normalized spacial score (nSPS) is 27.6. The van der Waals surface area contributed by atoms with E-state index in [1.165, 1.54) is 12.8 Å². The van der Waals surface area contributed by atoms with Gasteiger partial charge in [0, 0.05) is 19.0 Å². The average molecular weight is 297 g/mol. The van der Waals surface area contributed by atoms with E-state index < -0.39 is 5.97 Å². The first-order chi connectivity index (χ1) is 10.1. The van der Waals surface area contributed by atoms with E-state index in [9.17, 15) is 9.59 Å². The zero-order valence-corrected chi connectivity index (χ0v) is 12.9. The van der Waals surface area contributed by atoms with Crippen LogP contribution in [-0.4, -0.2) is 47.7 Å². The first-order valence-corrected chi connectivity index (χ1v) is 8.18. The Morgan fingerprint density at radius 2 is 1.71 bits per heavy atom. The summed E-state index contributed by atoms with van der Waals surface area (Å²) in [5.74, 6) is 0.494. The molecule has 1 amide bonds. The van der Waals surface area contributed by atoms with E-state index in [1.807, 2.05) is 4.90 Å². The van der Waals surface area contributed by atoms with E-state index in [2.05, 4.69) is 6.92 Å². The zero-order valence-electron chi connectivity index (χ0n) is 12.9. The zero-order chi connectivity index (χ0) is 15.2. The fraction of sp³-hybridized carbons (Fsp3) is 0.875. The van der Waals surface area contributed by atoms with Crippen molar-refractivity contribution in [3.8, 4) is 0 Å². The number of aliphatic carboxylic acids is 1. The number of hydrogen-bond acceptors (Lipinski definition) is 3. The summed E-state index contributed by atoms with van der Waals surface area (Å²) in [7, 11) is 0. The first kappa shape index (κ1) is 16.3. The Bertz CT molecular complexity index is 355. The van der Waals surface area contributed by atoms with Gasteiger partial charge in [0.2, 0.25) is 5.91 Å². The van der Waals surface area contributed by atoms with E-state index in [1.54, 1.807) is 0 Å². The maximum absolute atomic E-state index is 12.5. The SMILES string of the molecule is CC1CCC(C(=O)N2CCC(OCCC(=O)O)CC2)CC1. The van der Waals surface area contributed by atoms with Crippen LogP contribution < -0.4 is 0 Å². The van der Waals surface area contributed by atoms with Crippen molar-refractivity contribution < 1.29 is 19.4 Å². The molecule has 0 aromatic heterocycles. The molecule has 0 aromatic carbocycles. The number of carboxylic acids is 1. The third-order valence-corrected chi connectivity index (χ3v) is 4.79. The van der Waals surface area contributed by atoms with Crippen LogP contribution in [0, 0.1) is 11.8 Å². The standard InChI is InChI=1S/C16H27NO4/c1-12-2-4-13(5-3-12)16(20)17-9-6-14(7-10-17)21-11-8-15(18)19/h12-14H,2-11H2,1H3,(H,18,19). The molecule has 2 rings (SSSR count). The molecule has 1 saturated heterocycles. The quantitative estimate of drug-likeness (QED) is 0.845.